The molecule has 4 atom stereocenters. The lowest BCUT2D eigenvalue weighted by molar-refractivity contribution is -0.124. The van der Waals surface area contributed by atoms with Gasteiger partial charge in [0.15, 0.2) is 5.78 Å². The van der Waals surface area contributed by atoms with E-state index in [1.807, 2.05) is 36.4 Å². The number of pyridine rings is 1. The van der Waals surface area contributed by atoms with Gasteiger partial charge >= 0.3 is 0 Å². The van der Waals surface area contributed by atoms with Crippen molar-refractivity contribution >= 4 is 44.7 Å². The topological polar surface area (TPSA) is 166 Å². The first-order valence-corrected chi connectivity index (χ1v) is 14.1. The van der Waals surface area contributed by atoms with E-state index in [-0.39, 0.29) is 23.9 Å². The molecule has 0 bridgehead atoms. The fraction of sp³-hybridized carbons (Fsp3) is 0.267. The zero-order chi connectivity index (χ0) is 28.2. The monoisotopic (exact) mass is 554 g/mol. The summed E-state index contributed by atoms with van der Waals surface area (Å²) in [4.78, 5) is 44.2. The van der Waals surface area contributed by atoms with Gasteiger partial charge in [0.05, 0.1) is 21.3 Å². The van der Waals surface area contributed by atoms with Crippen LogP contribution in [0.3, 0.4) is 0 Å². The van der Waals surface area contributed by atoms with E-state index in [1.54, 1.807) is 24.4 Å². The number of carbonyl (C=O) groups excluding carboxylic acids is 3. The maximum atomic E-state index is 14.1. The number of rotatable bonds is 5. The van der Waals surface area contributed by atoms with E-state index in [1.165, 1.54) is 18.3 Å². The van der Waals surface area contributed by atoms with Gasteiger partial charge in [-0.1, -0.05) is 36.4 Å². The Morgan fingerprint density at radius 2 is 1.77 bits per heavy atom. The number of ketones is 1. The van der Waals surface area contributed by atoms with Gasteiger partial charge in [0.1, 0.15) is 5.54 Å². The molecule has 2 amide bonds. The van der Waals surface area contributed by atoms with E-state index in [9.17, 15) is 14.4 Å². The number of carbonyl (C=O) groups is 3. The van der Waals surface area contributed by atoms with Gasteiger partial charge in [-0.05, 0) is 48.6 Å². The number of hydrogen-bond donors (Lipinski definition) is 5. The van der Waals surface area contributed by atoms with E-state index >= 15 is 0 Å². The molecule has 2 aromatic carbocycles. The van der Waals surface area contributed by atoms with Gasteiger partial charge in [-0.25, -0.2) is 0 Å². The van der Waals surface area contributed by atoms with Crippen LogP contribution in [-0.2, 0) is 15.1 Å². The Morgan fingerprint density at radius 1 is 1.05 bits per heavy atom. The second-order valence-corrected chi connectivity index (χ2v) is 11.5. The van der Waals surface area contributed by atoms with Crippen molar-refractivity contribution in [1.29, 1.82) is 0 Å². The molecule has 2 aliphatic carbocycles. The van der Waals surface area contributed by atoms with Crippen LogP contribution in [0.2, 0.25) is 0 Å². The number of benzene rings is 2. The van der Waals surface area contributed by atoms with Gasteiger partial charge in [0.2, 0.25) is 5.91 Å². The van der Waals surface area contributed by atoms with Gasteiger partial charge < -0.3 is 27.8 Å². The molecule has 0 saturated heterocycles. The number of amides is 2. The number of nitrogens with zero attached hydrogens (tertiary/aromatic N) is 1. The summed E-state index contributed by atoms with van der Waals surface area (Å²) < 4.78 is 0.664. The van der Waals surface area contributed by atoms with Gasteiger partial charge in [-0.2, -0.15) is 0 Å². The number of aromatic nitrogens is 1. The summed E-state index contributed by atoms with van der Waals surface area (Å²) in [5, 5.41) is 6.64. The van der Waals surface area contributed by atoms with Crippen molar-refractivity contribution < 1.29 is 14.4 Å². The molecule has 6 rings (SSSR count). The number of hydrogen-bond acceptors (Lipinski definition) is 8. The Kier molecular flexibility index (Phi) is 6.41. The molecule has 4 aromatic rings. The SMILES string of the molecule is CC(=O)N[C@@H]1CCC[C@@H]1NC(=O)c1sc2c(N)ccc3c2c1C(N)C(=O)C3(N)c1ccnc(-c2ccccc2)c1. The summed E-state index contributed by atoms with van der Waals surface area (Å²) in [7, 11) is 0. The molecule has 1 fully saturated rings. The van der Waals surface area contributed by atoms with Crippen molar-refractivity contribution in [2.45, 2.75) is 49.9 Å². The third-order valence-electron chi connectivity index (χ3n) is 8.03. The van der Waals surface area contributed by atoms with Crippen molar-refractivity contribution in [3.63, 3.8) is 0 Å². The van der Waals surface area contributed by atoms with Gasteiger partial charge in [-0.15, -0.1) is 11.3 Å². The summed E-state index contributed by atoms with van der Waals surface area (Å²) in [6.07, 6.45) is 4.05. The molecule has 9 nitrogen and oxygen atoms in total. The van der Waals surface area contributed by atoms with E-state index in [4.69, 9.17) is 17.2 Å². The molecule has 2 heterocycles. The van der Waals surface area contributed by atoms with E-state index < -0.39 is 17.4 Å². The minimum absolute atomic E-state index is 0.140. The van der Waals surface area contributed by atoms with Crippen molar-refractivity contribution in [2.75, 3.05) is 5.73 Å². The number of nitrogens with one attached hydrogen (secondary N) is 2. The summed E-state index contributed by atoms with van der Waals surface area (Å²) in [5.41, 5.74) is 22.1. The standard InChI is InChI=1S/C30H30N6O3S/c1-15(37)35-20-8-5-9-21(20)36-29(39)27-24-23-18(10-11-19(31)26(23)40-27)30(33,28(38)25(24)32)17-12-13-34-22(14-17)16-6-3-2-4-7-16/h2-4,6-7,10-14,20-21,25H,5,8-9,31-33H2,1H3,(H,35,37)(H,36,39)/t20-,21+,25?,30?/m1/s1. The van der Waals surface area contributed by atoms with Crippen molar-refractivity contribution in [3.8, 4) is 11.3 Å². The van der Waals surface area contributed by atoms with Crippen LogP contribution in [0.25, 0.3) is 21.3 Å². The highest BCUT2D eigenvalue weighted by Gasteiger charge is 2.49. The summed E-state index contributed by atoms with van der Waals surface area (Å²) in [5.74, 6) is -0.897. The Balaban J connectivity index is 1.46. The zero-order valence-corrected chi connectivity index (χ0v) is 22.8. The zero-order valence-electron chi connectivity index (χ0n) is 21.9. The van der Waals surface area contributed by atoms with Gasteiger partial charge in [0.25, 0.3) is 5.91 Å². The predicted octanol–water partition coefficient (Wildman–Crippen LogP) is 3.12. The first-order chi connectivity index (χ1) is 19.2. The smallest absolute Gasteiger partial charge is 0.262 e. The number of nitrogens with two attached hydrogens (primary N) is 3. The van der Waals surface area contributed by atoms with Crippen LogP contribution in [0.15, 0.2) is 60.8 Å². The van der Waals surface area contributed by atoms with Crippen LogP contribution >= 0.6 is 11.3 Å². The number of nitrogen functional groups attached to an aromatic ring is 1. The lowest BCUT2D eigenvalue weighted by Crippen LogP contribution is -2.53. The van der Waals surface area contributed by atoms with Crippen LogP contribution < -0.4 is 27.8 Å². The van der Waals surface area contributed by atoms with Crippen molar-refractivity contribution in [3.05, 3.63) is 82.4 Å². The molecular formula is C30H30N6O3S. The van der Waals surface area contributed by atoms with Crippen LogP contribution in [0.4, 0.5) is 5.69 Å². The third-order valence-corrected chi connectivity index (χ3v) is 9.28. The minimum Gasteiger partial charge on any atom is -0.398 e. The second-order valence-electron chi connectivity index (χ2n) is 10.5. The molecule has 2 aromatic heterocycles. The maximum Gasteiger partial charge on any atom is 0.262 e. The highest BCUT2D eigenvalue weighted by atomic mass is 32.1. The molecule has 8 N–H and O–H groups in total. The molecular weight excluding hydrogens is 524 g/mol. The molecule has 204 valence electrons. The minimum atomic E-state index is -1.57. The molecule has 40 heavy (non-hydrogen) atoms. The van der Waals surface area contributed by atoms with Crippen LogP contribution in [0, 0.1) is 0 Å². The quantitative estimate of drug-likeness (QED) is 0.236. The number of thiophene rings is 1. The molecule has 0 aliphatic heterocycles. The van der Waals surface area contributed by atoms with E-state index in [0.29, 0.717) is 43.0 Å². The molecule has 2 unspecified atom stereocenters. The Bertz CT molecular complexity index is 1670. The Hall–Kier alpha value is -4.12. The number of anilines is 1. The van der Waals surface area contributed by atoms with E-state index in [0.717, 1.165) is 24.8 Å². The number of Topliss-reactive ketones (excluding diaryl/α,β-unsaturated/α-hetero) is 1. The fourth-order valence-electron chi connectivity index (χ4n) is 6.09. The molecule has 0 radical (unpaired) electrons. The fourth-order valence-corrected chi connectivity index (χ4v) is 7.29. The highest BCUT2D eigenvalue weighted by Crippen LogP contribution is 2.49. The van der Waals surface area contributed by atoms with Gasteiger partial charge in [0, 0.05) is 47.4 Å². The first-order valence-electron chi connectivity index (χ1n) is 13.2. The van der Waals surface area contributed by atoms with Crippen molar-refractivity contribution in [1.82, 2.24) is 15.6 Å². The van der Waals surface area contributed by atoms with Crippen LogP contribution in [0.5, 0.6) is 0 Å². The van der Waals surface area contributed by atoms with Crippen LogP contribution in [-0.4, -0.2) is 34.7 Å². The third kappa shape index (κ3) is 4.07. The average Bonchev–Trinajstić information content (AvgIpc) is 3.57. The second kappa shape index (κ2) is 9.81. The Labute approximate surface area is 235 Å². The lowest BCUT2D eigenvalue weighted by atomic mass is 9.70. The van der Waals surface area contributed by atoms with Crippen LogP contribution in [0.1, 0.15) is 58.6 Å². The first kappa shape index (κ1) is 26.1. The average molecular weight is 555 g/mol. The lowest BCUT2D eigenvalue weighted by Gasteiger charge is -2.36. The summed E-state index contributed by atoms with van der Waals surface area (Å²) in [6.45, 7) is 1.47. The normalized spacial score (nSPS) is 23.8. The largest absolute Gasteiger partial charge is 0.398 e. The molecule has 1 saturated carbocycles. The highest BCUT2D eigenvalue weighted by molar-refractivity contribution is 7.21. The predicted molar refractivity (Wildman–Crippen MR) is 156 cm³/mol. The summed E-state index contributed by atoms with van der Waals surface area (Å²) >= 11 is 1.21. The maximum absolute atomic E-state index is 14.1. The van der Waals surface area contributed by atoms with E-state index in [2.05, 4.69) is 15.6 Å². The summed E-state index contributed by atoms with van der Waals surface area (Å²) in [6, 6.07) is 15.1. The van der Waals surface area contributed by atoms with Gasteiger partial charge in [-0.3, -0.25) is 19.4 Å². The van der Waals surface area contributed by atoms with Crippen molar-refractivity contribution in [2.24, 2.45) is 11.5 Å². The molecule has 0 spiro atoms. The Morgan fingerprint density at radius 3 is 2.50 bits per heavy atom. The molecule has 2 aliphatic rings. The molecule has 10 heteroatoms.